The van der Waals surface area contributed by atoms with E-state index in [0.29, 0.717) is 26.2 Å². The summed E-state index contributed by atoms with van der Waals surface area (Å²) in [7, 11) is 0. The number of rotatable bonds is 3. The fraction of sp³-hybridized carbons (Fsp3) is 0.263. The van der Waals surface area contributed by atoms with Gasteiger partial charge >= 0.3 is 11.8 Å². The molecule has 0 bridgehead atoms. The van der Waals surface area contributed by atoms with Crippen LogP contribution < -0.4 is 5.73 Å². The summed E-state index contributed by atoms with van der Waals surface area (Å²) in [5.41, 5.74) is 7.54. The molecule has 0 spiro atoms. The summed E-state index contributed by atoms with van der Waals surface area (Å²) in [5.74, 6) is -1.48. The van der Waals surface area contributed by atoms with E-state index in [2.05, 4.69) is 29.2 Å². The Balaban J connectivity index is 1.81. The number of amides is 2. The molecular weight excluding hydrogens is 302 g/mol. The van der Waals surface area contributed by atoms with Crippen LogP contribution >= 0.6 is 0 Å². The summed E-state index contributed by atoms with van der Waals surface area (Å²) >= 11 is 0. The predicted molar refractivity (Wildman–Crippen MR) is 92.1 cm³/mol. The zero-order valence-electron chi connectivity index (χ0n) is 13.5. The first-order valence-corrected chi connectivity index (χ1v) is 8.09. The number of carbonyl (C=O) groups excluding carboxylic acids is 2. The summed E-state index contributed by atoms with van der Waals surface area (Å²) in [6.07, 6.45) is 0. The number of primary amides is 1. The van der Waals surface area contributed by atoms with Crippen molar-refractivity contribution < 1.29 is 9.59 Å². The van der Waals surface area contributed by atoms with Crippen molar-refractivity contribution in [2.45, 2.75) is 6.04 Å². The van der Waals surface area contributed by atoms with Gasteiger partial charge in [-0.05, 0) is 11.1 Å². The highest BCUT2D eigenvalue weighted by atomic mass is 16.2. The molecule has 1 fully saturated rings. The van der Waals surface area contributed by atoms with E-state index in [4.69, 9.17) is 5.73 Å². The lowest BCUT2D eigenvalue weighted by atomic mass is 9.96. The summed E-state index contributed by atoms with van der Waals surface area (Å²) in [6.45, 7) is 2.43. The highest BCUT2D eigenvalue weighted by molar-refractivity contribution is 6.34. The molecule has 3 rings (SSSR count). The van der Waals surface area contributed by atoms with Crippen molar-refractivity contribution in [3.05, 3.63) is 71.8 Å². The second-order valence-corrected chi connectivity index (χ2v) is 5.92. The zero-order chi connectivity index (χ0) is 16.9. The maximum absolute atomic E-state index is 11.7. The normalized spacial score (nSPS) is 15.5. The Bertz CT molecular complexity index is 656. The average Bonchev–Trinajstić information content (AvgIpc) is 2.64. The molecule has 2 amide bonds. The Kier molecular flexibility index (Phi) is 4.91. The number of nitrogens with zero attached hydrogens (tertiary/aromatic N) is 2. The third-order valence-electron chi connectivity index (χ3n) is 4.41. The van der Waals surface area contributed by atoms with Crippen LogP contribution in [0.1, 0.15) is 17.2 Å². The van der Waals surface area contributed by atoms with Gasteiger partial charge in [-0.2, -0.15) is 0 Å². The minimum atomic E-state index is -0.883. The van der Waals surface area contributed by atoms with Crippen molar-refractivity contribution in [1.82, 2.24) is 9.80 Å². The largest absolute Gasteiger partial charge is 0.361 e. The molecule has 5 heteroatoms. The SMILES string of the molecule is NC(=O)C(=O)N1CCN(C(c2ccccc2)c2ccccc2)CC1. The van der Waals surface area contributed by atoms with Gasteiger partial charge in [-0.3, -0.25) is 14.5 Å². The molecule has 0 aliphatic carbocycles. The van der Waals surface area contributed by atoms with Crippen LogP contribution in [-0.4, -0.2) is 47.8 Å². The van der Waals surface area contributed by atoms with Crippen LogP contribution in [-0.2, 0) is 9.59 Å². The summed E-state index contributed by atoms with van der Waals surface area (Å²) in [6, 6.07) is 20.8. The Morgan fingerprint density at radius 3 is 1.67 bits per heavy atom. The van der Waals surface area contributed by atoms with Gasteiger partial charge in [-0.15, -0.1) is 0 Å². The van der Waals surface area contributed by atoms with E-state index in [9.17, 15) is 9.59 Å². The van der Waals surface area contributed by atoms with E-state index in [1.807, 2.05) is 36.4 Å². The molecule has 24 heavy (non-hydrogen) atoms. The van der Waals surface area contributed by atoms with E-state index < -0.39 is 11.8 Å². The summed E-state index contributed by atoms with van der Waals surface area (Å²) in [5, 5.41) is 0. The Labute approximate surface area is 141 Å². The molecule has 124 valence electrons. The Morgan fingerprint density at radius 2 is 1.25 bits per heavy atom. The number of nitrogens with two attached hydrogens (primary N) is 1. The van der Waals surface area contributed by atoms with Crippen molar-refractivity contribution >= 4 is 11.8 Å². The van der Waals surface area contributed by atoms with Gasteiger partial charge in [-0.25, -0.2) is 0 Å². The van der Waals surface area contributed by atoms with Gasteiger partial charge in [0.05, 0.1) is 6.04 Å². The molecule has 2 aromatic carbocycles. The molecular formula is C19H21N3O2. The third-order valence-corrected chi connectivity index (χ3v) is 4.41. The van der Waals surface area contributed by atoms with Crippen LogP contribution in [0.3, 0.4) is 0 Å². The van der Waals surface area contributed by atoms with E-state index in [-0.39, 0.29) is 6.04 Å². The molecule has 0 atom stereocenters. The lowest BCUT2D eigenvalue weighted by molar-refractivity contribution is -0.145. The topological polar surface area (TPSA) is 66.6 Å². The molecule has 0 unspecified atom stereocenters. The maximum atomic E-state index is 11.7. The number of piperazine rings is 1. The maximum Gasteiger partial charge on any atom is 0.311 e. The first kappa shape index (κ1) is 16.2. The van der Waals surface area contributed by atoms with Crippen LogP contribution in [0.2, 0.25) is 0 Å². The van der Waals surface area contributed by atoms with Crippen molar-refractivity contribution in [3.63, 3.8) is 0 Å². The van der Waals surface area contributed by atoms with Crippen molar-refractivity contribution in [2.75, 3.05) is 26.2 Å². The molecule has 0 saturated carbocycles. The first-order chi connectivity index (χ1) is 11.7. The van der Waals surface area contributed by atoms with Crippen LogP contribution in [0.4, 0.5) is 0 Å². The fourth-order valence-corrected chi connectivity index (χ4v) is 3.22. The van der Waals surface area contributed by atoms with Gasteiger partial charge in [0.1, 0.15) is 0 Å². The lowest BCUT2D eigenvalue weighted by Gasteiger charge is -2.39. The molecule has 1 aliphatic rings. The second-order valence-electron chi connectivity index (χ2n) is 5.92. The highest BCUT2D eigenvalue weighted by Crippen LogP contribution is 2.29. The quantitative estimate of drug-likeness (QED) is 0.869. The molecule has 0 aromatic heterocycles. The van der Waals surface area contributed by atoms with Gasteiger partial charge in [-0.1, -0.05) is 60.7 Å². The number of carbonyl (C=O) groups is 2. The van der Waals surface area contributed by atoms with Crippen molar-refractivity contribution in [2.24, 2.45) is 5.73 Å². The Hall–Kier alpha value is -2.66. The first-order valence-electron chi connectivity index (χ1n) is 8.09. The minimum absolute atomic E-state index is 0.137. The monoisotopic (exact) mass is 323 g/mol. The second kappa shape index (κ2) is 7.27. The molecule has 1 saturated heterocycles. The van der Waals surface area contributed by atoms with Gasteiger partial charge in [0.2, 0.25) is 0 Å². The summed E-state index contributed by atoms with van der Waals surface area (Å²) in [4.78, 5) is 26.7. The fourth-order valence-electron chi connectivity index (χ4n) is 3.22. The summed E-state index contributed by atoms with van der Waals surface area (Å²) < 4.78 is 0. The number of hydrogen-bond donors (Lipinski definition) is 1. The van der Waals surface area contributed by atoms with Crippen molar-refractivity contribution in [1.29, 1.82) is 0 Å². The molecule has 5 nitrogen and oxygen atoms in total. The van der Waals surface area contributed by atoms with Crippen LogP contribution in [0.5, 0.6) is 0 Å². The zero-order valence-corrected chi connectivity index (χ0v) is 13.5. The smallest absolute Gasteiger partial charge is 0.311 e. The van der Waals surface area contributed by atoms with Gasteiger partial charge in [0, 0.05) is 26.2 Å². The van der Waals surface area contributed by atoms with Crippen molar-refractivity contribution in [3.8, 4) is 0 Å². The lowest BCUT2D eigenvalue weighted by Crippen LogP contribution is -2.52. The number of benzene rings is 2. The standard InChI is InChI=1S/C19H21N3O2/c20-18(23)19(24)22-13-11-21(12-14-22)17(15-7-3-1-4-8-15)16-9-5-2-6-10-16/h1-10,17H,11-14H2,(H2,20,23). The van der Waals surface area contributed by atoms with E-state index in [1.54, 1.807) is 0 Å². The molecule has 1 heterocycles. The van der Waals surface area contributed by atoms with Gasteiger partial charge in [0.25, 0.3) is 0 Å². The van der Waals surface area contributed by atoms with E-state index >= 15 is 0 Å². The number of hydrogen-bond acceptors (Lipinski definition) is 3. The molecule has 0 radical (unpaired) electrons. The van der Waals surface area contributed by atoms with Gasteiger partial charge in [0.15, 0.2) is 0 Å². The third kappa shape index (κ3) is 3.46. The average molecular weight is 323 g/mol. The minimum Gasteiger partial charge on any atom is -0.361 e. The predicted octanol–water partition coefficient (Wildman–Crippen LogP) is 1.41. The van der Waals surface area contributed by atoms with E-state index in [0.717, 1.165) is 0 Å². The molecule has 1 aliphatic heterocycles. The van der Waals surface area contributed by atoms with Crippen LogP contribution in [0.15, 0.2) is 60.7 Å². The highest BCUT2D eigenvalue weighted by Gasteiger charge is 2.29. The van der Waals surface area contributed by atoms with Crippen LogP contribution in [0.25, 0.3) is 0 Å². The van der Waals surface area contributed by atoms with E-state index in [1.165, 1.54) is 16.0 Å². The molecule has 2 aromatic rings. The molecule has 2 N–H and O–H groups in total. The Morgan fingerprint density at radius 1 is 0.792 bits per heavy atom. The van der Waals surface area contributed by atoms with Gasteiger partial charge < -0.3 is 10.6 Å². The van der Waals surface area contributed by atoms with Crippen LogP contribution in [0, 0.1) is 0 Å².